The van der Waals surface area contributed by atoms with Crippen LogP contribution in [0.2, 0.25) is 0 Å². The lowest BCUT2D eigenvalue weighted by Gasteiger charge is -2.32. The van der Waals surface area contributed by atoms with Gasteiger partial charge in [-0.2, -0.15) is 0 Å². The van der Waals surface area contributed by atoms with Crippen molar-refractivity contribution >= 4 is 16.9 Å². The molecule has 4 rings (SSSR count). The number of rotatable bonds is 9. The summed E-state index contributed by atoms with van der Waals surface area (Å²) in [6, 6.07) is 17.0. The van der Waals surface area contributed by atoms with Crippen molar-refractivity contribution in [3.63, 3.8) is 0 Å². The summed E-state index contributed by atoms with van der Waals surface area (Å²) in [5.41, 5.74) is 5.17. The molecule has 0 unspecified atom stereocenters. The zero-order chi connectivity index (χ0) is 22.3. The van der Waals surface area contributed by atoms with Gasteiger partial charge in [-0.3, -0.25) is 4.90 Å². The zero-order valence-corrected chi connectivity index (χ0v) is 19.3. The average molecular weight is 434 g/mol. The minimum atomic E-state index is -0.274. The molecule has 0 radical (unpaired) electrons. The molecule has 5 heteroatoms. The maximum atomic E-state index is 12.5. The van der Waals surface area contributed by atoms with Crippen molar-refractivity contribution in [2.45, 2.75) is 46.2 Å². The summed E-state index contributed by atoms with van der Waals surface area (Å²) in [5.74, 6) is 0.494. The van der Waals surface area contributed by atoms with Crippen LogP contribution in [0.25, 0.3) is 10.9 Å². The predicted molar refractivity (Wildman–Crippen MR) is 130 cm³/mol. The number of hydrogen-bond acceptors (Lipinski definition) is 4. The summed E-state index contributed by atoms with van der Waals surface area (Å²) in [4.78, 5) is 18.3. The highest BCUT2D eigenvalue weighted by Gasteiger charge is 2.20. The second-order valence-electron chi connectivity index (χ2n) is 8.92. The summed E-state index contributed by atoms with van der Waals surface area (Å²) in [6.45, 7) is 9.34. The van der Waals surface area contributed by atoms with Gasteiger partial charge in [0.2, 0.25) is 0 Å². The summed E-state index contributed by atoms with van der Waals surface area (Å²) in [7, 11) is 0. The Bertz CT molecular complexity index is 1020. The molecule has 1 aliphatic rings. The van der Waals surface area contributed by atoms with Crippen molar-refractivity contribution in [3.05, 3.63) is 70.9 Å². The number of H-pyrrole nitrogens is 1. The normalized spacial score (nSPS) is 15.3. The first-order chi connectivity index (χ1) is 15.6. The minimum absolute atomic E-state index is 0.274. The lowest BCUT2D eigenvalue weighted by atomic mass is 9.93. The van der Waals surface area contributed by atoms with Crippen LogP contribution in [0.4, 0.5) is 0 Å². The fourth-order valence-electron chi connectivity index (χ4n) is 4.72. The van der Waals surface area contributed by atoms with Crippen LogP contribution in [-0.2, 0) is 17.8 Å². The number of piperidine rings is 1. The molecular formula is C27H35N3O2. The minimum Gasteiger partial charge on any atom is -0.461 e. The molecule has 5 nitrogen and oxygen atoms in total. The number of aromatic nitrogens is 1. The molecular weight excluding hydrogens is 398 g/mol. The molecule has 3 aromatic rings. The van der Waals surface area contributed by atoms with Gasteiger partial charge >= 0.3 is 5.97 Å². The van der Waals surface area contributed by atoms with Crippen LogP contribution in [0.3, 0.4) is 0 Å². The molecule has 2 aromatic carbocycles. The van der Waals surface area contributed by atoms with E-state index in [9.17, 15) is 4.79 Å². The lowest BCUT2D eigenvalue weighted by Crippen LogP contribution is -2.34. The lowest BCUT2D eigenvalue weighted by molar-refractivity contribution is 0.0519. The average Bonchev–Trinajstić information content (AvgIpc) is 3.16. The maximum absolute atomic E-state index is 12.5. The molecule has 0 bridgehead atoms. The van der Waals surface area contributed by atoms with Crippen LogP contribution in [0.5, 0.6) is 0 Å². The Balaban J connectivity index is 1.28. The summed E-state index contributed by atoms with van der Waals surface area (Å²) in [6.07, 6.45) is 3.69. The maximum Gasteiger partial charge on any atom is 0.355 e. The fraction of sp³-hybridized carbons (Fsp3) is 0.444. The molecule has 32 heavy (non-hydrogen) atoms. The van der Waals surface area contributed by atoms with Crippen molar-refractivity contribution in [1.29, 1.82) is 0 Å². The molecule has 2 heterocycles. The number of nitrogens with one attached hydrogen (secondary N) is 2. The highest BCUT2D eigenvalue weighted by atomic mass is 16.5. The molecule has 1 saturated heterocycles. The van der Waals surface area contributed by atoms with Crippen molar-refractivity contribution in [2.75, 3.05) is 26.2 Å². The SMILES string of the molecule is CCOC(=O)c1[nH]c2ccc(C)cc2c1CNCCC1CCN(Cc2ccccc2)CC1. The first-order valence-corrected chi connectivity index (χ1v) is 11.9. The van der Waals surface area contributed by atoms with Gasteiger partial charge in [0.1, 0.15) is 5.69 Å². The quantitative estimate of drug-likeness (QED) is 0.366. The van der Waals surface area contributed by atoms with Gasteiger partial charge in [0, 0.05) is 29.6 Å². The van der Waals surface area contributed by atoms with Crippen LogP contribution in [-0.4, -0.2) is 42.1 Å². The van der Waals surface area contributed by atoms with Crippen LogP contribution >= 0.6 is 0 Å². The van der Waals surface area contributed by atoms with Crippen molar-refractivity contribution in [3.8, 4) is 0 Å². The van der Waals surface area contributed by atoms with Gasteiger partial charge in [-0.05, 0) is 76.4 Å². The van der Waals surface area contributed by atoms with E-state index < -0.39 is 0 Å². The van der Waals surface area contributed by atoms with E-state index in [4.69, 9.17) is 4.74 Å². The second kappa shape index (κ2) is 10.8. The van der Waals surface area contributed by atoms with E-state index >= 15 is 0 Å². The van der Waals surface area contributed by atoms with Gasteiger partial charge in [-0.1, -0.05) is 42.0 Å². The van der Waals surface area contributed by atoms with Gasteiger partial charge in [0.25, 0.3) is 0 Å². The van der Waals surface area contributed by atoms with Gasteiger partial charge < -0.3 is 15.0 Å². The molecule has 2 N–H and O–H groups in total. The fourth-order valence-corrected chi connectivity index (χ4v) is 4.72. The number of fused-ring (bicyclic) bond motifs is 1. The predicted octanol–water partition coefficient (Wildman–Crippen LogP) is 5.04. The van der Waals surface area contributed by atoms with Crippen LogP contribution in [0.15, 0.2) is 48.5 Å². The van der Waals surface area contributed by atoms with Crippen LogP contribution in [0.1, 0.15) is 53.4 Å². The third-order valence-electron chi connectivity index (χ3n) is 6.53. The van der Waals surface area contributed by atoms with Crippen molar-refractivity contribution < 1.29 is 9.53 Å². The monoisotopic (exact) mass is 433 g/mol. The highest BCUT2D eigenvalue weighted by Crippen LogP contribution is 2.25. The van der Waals surface area contributed by atoms with E-state index in [0.29, 0.717) is 18.8 Å². The molecule has 0 atom stereocenters. The Morgan fingerprint density at radius 2 is 1.94 bits per heavy atom. The Hall–Kier alpha value is -2.63. The third kappa shape index (κ3) is 5.59. The molecule has 1 aliphatic heterocycles. The molecule has 1 fully saturated rings. The first kappa shape index (κ1) is 22.6. The number of carbonyl (C=O) groups is 1. The smallest absolute Gasteiger partial charge is 0.355 e. The molecule has 0 spiro atoms. The van der Waals surface area contributed by atoms with E-state index in [-0.39, 0.29) is 5.97 Å². The standard InChI is InChI=1S/C27H35N3O2/c1-3-32-27(31)26-24(23-17-20(2)9-10-25(23)29-26)18-28-14-11-21-12-15-30(16-13-21)19-22-7-5-4-6-8-22/h4-10,17,21,28-29H,3,11-16,18-19H2,1-2H3. The molecule has 1 aromatic heterocycles. The first-order valence-electron chi connectivity index (χ1n) is 11.9. The molecule has 0 saturated carbocycles. The van der Waals surface area contributed by atoms with E-state index in [2.05, 4.69) is 64.6 Å². The van der Waals surface area contributed by atoms with Gasteiger partial charge in [0.05, 0.1) is 6.61 Å². The number of aromatic amines is 1. The number of benzene rings is 2. The summed E-state index contributed by atoms with van der Waals surface area (Å²) >= 11 is 0. The number of likely N-dealkylation sites (tertiary alicyclic amines) is 1. The van der Waals surface area contributed by atoms with Gasteiger partial charge in [-0.25, -0.2) is 4.79 Å². The van der Waals surface area contributed by atoms with Crippen molar-refractivity contribution in [2.24, 2.45) is 5.92 Å². The topological polar surface area (TPSA) is 57.4 Å². The Labute approximate surface area is 191 Å². The number of hydrogen-bond donors (Lipinski definition) is 2. The summed E-state index contributed by atoms with van der Waals surface area (Å²) < 4.78 is 5.28. The van der Waals surface area contributed by atoms with Crippen LogP contribution in [0, 0.1) is 12.8 Å². The Morgan fingerprint density at radius 3 is 2.69 bits per heavy atom. The number of aryl methyl sites for hydroxylation is 1. The van der Waals surface area contributed by atoms with Crippen LogP contribution < -0.4 is 5.32 Å². The van der Waals surface area contributed by atoms with Gasteiger partial charge in [0.15, 0.2) is 0 Å². The number of nitrogens with zero attached hydrogens (tertiary/aromatic N) is 1. The number of esters is 1. The second-order valence-corrected chi connectivity index (χ2v) is 8.92. The van der Waals surface area contributed by atoms with E-state index in [1.54, 1.807) is 0 Å². The molecule has 0 amide bonds. The van der Waals surface area contributed by atoms with Crippen molar-refractivity contribution in [1.82, 2.24) is 15.2 Å². The molecule has 0 aliphatic carbocycles. The van der Waals surface area contributed by atoms with E-state index in [1.165, 1.54) is 43.5 Å². The number of ether oxygens (including phenoxy) is 1. The highest BCUT2D eigenvalue weighted by molar-refractivity contribution is 5.98. The zero-order valence-electron chi connectivity index (χ0n) is 19.3. The Kier molecular flexibility index (Phi) is 7.61. The number of carbonyl (C=O) groups excluding carboxylic acids is 1. The molecule has 170 valence electrons. The van der Waals surface area contributed by atoms with E-state index in [1.807, 2.05) is 13.0 Å². The summed E-state index contributed by atoms with van der Waals surface area (Å²) in [5, 5.41) is 4.70. The van der Waals surface area contributed by atoms with E-state index in [0.717, 1.165) is 35.5 Å². The largest absolute Gasteiger partial charge is 0.461 e. The third-order valence-corrected chi connectivity index (χ3v) is 6.53. The van der Waals surface area contributed by atoms with Gasteiger partial charge in [-0.15, -0.1) is 0 Å². The Morgan fingerprint density at radius 1 is 1.16 bits per heavy atom.